The summed E-state index contributed by atoms with van der Waals surface area (Å²) in [5.74, 6) is 0.187. The maximum absolute atomic E-state index is 13.6. The summed E-state index contributed by atoms with van der Waals surface area (Å²) in [6.45, 7) is 3.52. The molecule has 2 atom stereocenters. The molecule has 3 aromatic rings. The van der Waals surface area contributed by atoms with Crippen molar-refractivity contribution < 1.29 is 23.1 Å². The van der Waals surface area contributed by atoms with Crippen LogP contribution in [0.25, 0.3) is 0 Å². The molecule has 0 saturated heterocycles. The molecule has 8 heteroatoms. The van der Waals surface area contributed by atoms with Gasteiger partial charge in [-0.3, -0.25) is 4.79 Å². The maximum Gasteiger partial charge on any atom is 0.513 e. The number of benzene rings is 3. The third-order valence-corrected chi connectivity index (χ3v) is 6.52. The molecule has 0 fully saturated rings. The van der Waals surface area contributed by atoms with Crippen molar-refractivity contribution in [2.45, 2.75) is 26.5 Å². The van der Waals surface area contributed by atoms with E-state index in [0.29, 0.717) is 11.5 Å². The number of nitrogens with one attached hydrogen (secondary N) is 1. The molecule has 0 aromatic heterocycles. The van der Waals surface area contributed by atoms with Crippen LogP contribution in [-0.2, 0) is 20.7 Å². The molecule has 162 valence electrons. The average molecular weight is 551 g/mol. The molecule has 0 radical (unpaired) electrons. The summed E-state index contributed by atoms with van der Waals surface area (Å²) in [5, 5.41) is 2.70. The normalized spacial score (nSPS) is 13.6. The fraction of sp³-hybridized carbons (Fsp3) is 0.174. The number of para-hydroxylation sites is 1. The molecule has 31 heavy (non-hydrogen) atoms. The van der Waals surface area contributed by atoms with Gasteiger partial charge in [-0.1, -0.05) is 48.5 Å². The highest BCUT2D eigenvalue weighted by Crippen LogP contribution is 2.46. The highest BCUT2D eigenvalue weighted by Gasteiger charge is 2.34. The molecule has 3 aromatic carbocycles. The van der Waals surface area contributed by atoms with E-state index in [1.54, 1.807) is 37.3 Å². The first-order valence-corrected chi connectivity index (χ1v) is 12.3. The van der Waals surface area contributed by atoms with Crippen LogP contribution in [0.1, 0.15) is 18.1 Å². The van der Waals surface area contributed by atoms with E-state index in [1.165, 1.54) is 0 Å². The van der Waals surface area contributed by atoms with Gasteiger partial charge in [0, 0.05) is 3.57 Å². The lowest BCUT2D eigenvalue weighted by atomic mass is 10.2. The summed E-state index contributed by atoms with van der Waals surface area (Å²) in [7, 11) is -3.96. The van der Waals surface area contributed by atoms with Gasteiger partial charge in [0.25, 0.3) is 0 Å². The summed E-state index contributed by atoms with van der Waals surface area (Å²) in [5.41, 5.74) is 1.66. The van der Waals surface area contributed by atoms with Gasteiger partial charge in [-0.05, 0) is 77.9 Å². The SMILES string of the molecule is Cc1cc(I)ccc1OP(=O)(N[C@@H](C)C(=O)OCc1ccccc1)Oc1ccccc1. The number of carbonyl (C=O) groups is 1. The number of ether oxygens (including phenoxy) is 1. The summed E-state index contributed by atoms with van der Waals surface area (Å²) < 4.78 is 31.4. The van der Waals surface area contributed by atoms with Crippen LogP contribution in [0.2, 0.25) is 0 Å². The molecule has 0 aliphatic heterocycles. The Bertz CT molecular complexity index is 1060. The quantitative estimate of drug-likeness (QED) is 0.203. The standard InChI is InChI=1S/C23H23INO5P/c1-17-15-20(24)13-14-22(17)30-31(27,29-21-11-7-4-8-12-21)25-18(2)23(26)28-16-19-9-5-3-6-10-19/h3-15,18H,16H2,1-2H3,(H,25,27)/t18-,31?/m0/s1. The van der Waals surface area contributed by atoms with Crippen LogP contribution in [-0.4, -0.2) is 12.0 Å². The van der Waals surface area contributed by atoms with Crippen molar-refractivity contribution in [1.82, 2.24) is 5.09 Å². The first-order chi connectivity index (χ1) is 14.8. The Labute approximate surface area is 195 Å². The van der Waals surface area contributed by atoms with Crippen molar-refractivity contribution in [1.29, 1.82) is 0 Å². The first kappa shape index (κ1) is 23.3. The number of hydrogen-bond acceptors (Lipinski definition) is 5. The minimum absolute atomic E-state index is 0.118. The molecule has 0 spiro atoms. The predicted molar refractivity (Wildman–Crippen MR) is 128 cm³/mol. The van der Waals surface area contributed by atoms with Crippen LogP contribution in [0.4, 0.5) is 0 Å². The van der Waals surface area contributed by atoms with E-state index in [0.717, 1.165) is 14.7 Å². The third kappa shape index (κ3) is 7.09. The Kier molecular flexibility index (Phi) is 8.12. The number of hydrogen-bond donors (Lipinski definition) is 1. The Balaban J connectivity index is 1.75. The van der Waals surface area contributed by atoms with Gasteiger partial charge < -0.3 is 13.8 Å². The zero-order valence-corrected chi connectivity index (χ0v) is 20.2. The Morgan fingerprint density at radius 1 is 1.00 bits per heavy atom. The minimum atomic E-state index is -3.96. The topological polar surface area (TPSA) is 73.9 Å². The van der Waals surface area contributed by atoms with Crippen molar-refractivity contribution in [2.75, 3.05) is 0 Å². The molecule has 6 nitrogen and oxygen atoms in total. The number of halogens is 1. The predicted octanol–water partition coefficient (Wildman–Crippen LogP) is 5.89. The van der Waals surface area contributed by atoms with E-state index in [1.807, 2.05) is 55.5 Å². The molecule has 0 aliphatic carbocycles. The molecule has 0 heterocycles. The summed E-state index contributed by atoms with van der Waals surface area (Å²) >= 11 is 2.19. The lowest BCUT2D eigenvalue weighted by molar-refractivity contribution is -0.146. The molecule has 0 aliphatic rings. The molecule has 0 amide bonds. The van der Waals surface area contributed by atoms with Crippen molar-refractivity contribution in [3.63, 3.8) is 0 Å². The van der Waals surface area contributed by atoms with Gasteiger partial charge >= 0.3 is 13.7 Å². The fourth-order valence-corrected chi connectivity index (χ4v) is 4.91. The zero-order valence-electron chi connectivity index (χ0n) is 17.2. The van der Waals surface area contributed by atoms with Crippen LogP contribution in [0.3, 0.4) is 0 Å². The van der Waals surface area contributed by atoms with Gasteiger partial charge in [0.2, 0.25) is 0 Å². The van der Waals surface area contributed by atoms with E-state index in [9.17, 15) is 9.36 Å². The number of aryl methyl sites for hydroxylation is 1. The van der Waals surface area contributed by atoms with Gasteiger partial charge in [0.05, 0.1) is 0 Å². The monoisotopic (exact) mass is 551 g/mol. The first-order valence-electron chi connectivity index (χ1n) is 9.63. The molecule has 1 unspecified atom stereocenters. The van der Waals surface area contributed by atoms with E-state index in [2.05, 4.69) is 27.7 Å². The largest absolute Gasteiger partial charge is 0.513 e. The number of rotatable bonds is 9. The van der Waals surface area contributed by atoms with E-state index >= 15 is 0 Å². The van der Waals surface area contributed by atoms with Crippen molar-refractivity contribution >= 4 is 36.3 Å². The third-order valence-electron chi connectivity index (χ3n) is 4.25. The molecule has 3 rings (SSSR count). The number of carbonyl (C=O) groups excluding carboxylic acids is 1. The van der Waals surface area contributed by atoms with E-state index < -0.39 is 19.8 Å². The second-order valence-electron chi connectivity index (χ2n) is 6.85. The van der Waals surface area contributed by atoms with Crippen LogP contribution in [0, 0.1) is 10.5 Å². The van der Waals surface area contributed by atoms with Crippen LogP contribution < -0.4 is 14.1 Å². The Hall–Kier alpha value is -2.35. The van der Waals surface area contributed by atoms with Crippen LogP contribution in [0.5, 0.6) is 11.5 Å². The highest BCUT2D eigenvalue weighted by atomic mass is 127. The molecule has 0 saturated carbocycles. The Morgan fingerprint density at radius 2 is 1.65 bits per heavy atom. The second-order valence-corrected chi connectivity index (χ2v) is 9.71. The lowest BCUT2D eigenvalue weighted by Crippen LogP contribution is -2.35. The zero-order chi connectivity index (χ0) is 22.3. The highest BCUT2D eigenvalue weighted by molar-refractivity contribution is 14.1. The summed E-state index contributed by atoms with van der Waals surface area (Å²) in [4.78, 5) is 12.5. The smallest absolute Gasteiger partial charge is 0.460 e. The second kappa shape index (κ2) is 10.8. The van der Waals surface area contributed by atoms with Gasteiger partial charge in [0.15, 0.2) is 0 Å². The Morgan fingerprint density at radius 3 is 2.29 bits per heavy atom. The molecular weight excluding hydrogens is 528 g/mol. The van der Waals surface area contributed by atoms with Gasteiger partial charge in [-0.15, -0.1) is 0 Å². The van der Waals surface area contributed by atoms with Crippen molar-refractivity contribution in [3.8, 4) is 11.5 Å². The molecule has 1 N–H and O–H groups in total. The molecule has 0 bridgehead atoms. The molecular formula is C23H23INO5P. The average Bonchev–Trinajstić information content (AvgIpc) is 2.75. The van der Waals surface area contributed by atoms with Crippen molar-refractivity contribution in [2.24, 2.45) is 0 Å². The fourth-order valence-electron chi connectivity index (χ4n) is 2.68. The lowest BCUT2D eigenvalue weighted by Gasteiger charge is -2.24. The summed E-state index contributed by atoms with van der Waals surface area (Å²) in [6.07, 6.45) is 0. The van der Waals surface area contributed by atoms with Gasteiger partial charge in [-0.2, -0.15) is 5.09 Å². The maximum atomic E-state index is 13.6. The van der Waals surface area contributed by atoms with Crippen molar-refractivity contribution in [3.05, 3.63) is 93.6 Å². The van der Waals surface area contributed by atoms with Gasteiger partial charge in [-0.25, -0.2) is 4.57 Å². The number of esters is 1. The van der Waals surface area contributed by atoms with Crippen LogP contribution in [0.15, 0.2) is 78.9 Å². The van der Waals surface area contributed by atoms with E-state index in [-0.39, 0.29) is 6.61 Å². The van der Waals surface area contributed by atoms with Crippen LogP contribution >= 0.6 is 30.3 Å². The van der Waals surface area contributed by atoms with Gasteiger partial charge in [0.1, 0.15) is 24.1 Å². The minimum Gasteiger partial charge on any atom is -0.460 e. The summed E-state index contributed by atoms with van der Waals surface area (Å²) in [6, 6.07) is 22.5. The van der Waals surface area contributed by atoms with E-state index in [4.69, 9.17) is 13.8 Å².